The van der Waals surface area contributed by atoms with Crippen LogP contribution in [0.3, 0.4) is 0 Å². The molecule has 1 atom stereocenters. The number of carboxylic acid groups (broad SMARTS) is 1. The molecule has 15 heavy (non-hydrogen) atoms. The molecule has 1 fully saturated rings. The third kappa shape index (κ3) is 4.18. The summed E-state index contributed by atoms with van der Waals surface area (Å²) in [5, 5.41) is 18.8. The predicted octanol–water partition coefficient (Wildman–Crippen LogP) is 0.944. The van der Waals surface area contributed by atoms with Crippen LogP contribution in [0.1, 0.15) is 33.1 Å². The molecule has 1 aliphatic rings. The van der Waals surface area contributed by atoms with Crippen molar-refractivity contribution in [1.82, 2.24) is 4.90 Å². The van der Waals surface area contributed by atoms with Gasteiger partial charge in [0, 0.05) is 13.1 Å². The van der Waals surface area contributed by atoms with Gasteiger partial charge >= 0.3 is 5.97 Å². The van der Waals surface area contributed by atoms with E-state index in [1.54, 1.807) is 0 Å². The molecule has 0 bridgehead atoms. The summed E-state index contributed by atoms with van der Waals surface area (Å²) in [6, 6.07) is 0. The van der Waals surface area contributed by atoms with Crippen molar-refractivity contribution in [1.29, 1.82) is 0 Å². The SMILES string of the molecule is CC(C)CN1CCCC(O)(CC(=O)O)C1. The summed E-state index contributed by atoms with van der Waals surface area (Å²) in [7, 11) is 0. The summed E-state index contributed by atoms with van der Waals surface area (Å²) >= 11 is 0. The van der Waals surface area contributed by atoms with Gasteiger partial charge in [-0.3, -0.25) is 4.79 Å². The fourth-order valence-electron chi connectivity index (χ4n) is 2.30. The van der Waals surface area contributed by atoms with Gasteiger partial charge in [0.1, 0.15) is 0 Å². The van der Waals surface area contributed by atoms with E-state index in [-0.39, 0.29) is 6.42 Å². The molecule has 1 unspecified atom stereocenters. The van der Waals surface area contributed by atoms with Crippen LogP contribution in [0.25, 0.3) is 0 Å². The summed E-state index contributed by atoms with van der Waals surface area (Å²) in [6.07, 6.45) is 1.35. The van der Waals surface area contributed by atoms with E-state index in [0.717, 1.165) is 19.5 Å². The molecule has 0 saturated carbocycles. The normalized spacial score (nSPS) is 28.3. The number of carboxylic acids is 1. The topological polar surface area (TPSA) is 60.8 Å². The summed E-state index contributed by atoms with van der Waals surface area (Å²) in [5.74, 6) is -0.360. The van der Waals surface area contributed by atoms with Crippen LogP contribution in [0.4, 0.5) is 0 Å². The zero-order chi connectivity index (χ0) is 11.5. The van der Waals surface area contributed by atoms with Crippen LogP contribution >= 0.6 is 0 Å². The first-order chi connectivity index (χ1) is 6.91. The minimum Gasteiger partial charge on any atom is -0.481 e. The third-order valence-electron chi connectivity index (χ3n) is 2.74. The quantitative estimate of drug-likeness (QED) is 0.733. The Labute approximate surface area is 90.9 Å². The Morgan fingerprint density at radius 3 is 2.73 bits per heavy atom. The molecule has 0 radical (unpaired) electrons. The lowest BCUT2D eigenvalue weighted by atomic mass is 9.89. The van der Waals surface area contributed by atoms with Gasteiger partial charge in [-0.2, -0.15) is 0 Å². The molecule has 88 valence electrons. The van der Waals surface area contributed by atoms with Crippen molar-refractivity contribution in [2.24, 2.45) is 5.92 Å². The summed E-state index contributed by atoms with van der Waals surface area (Å²) < 4.78 is 0. The zero-order valence-electron chi connectivity index (χ0n) is 9.57. The standard InChI is InChI=1S/C11H21NO3/c1-9(2)7-12-5-3-4-11(15,8-12)6-10(13)14/h9,15H,3-8H2,1-2H3,(H,13,14). The molecule has 1 heterocycles. The molecular formula is C11H21NO3. The molecule has 0 aromatic carbocycles. The second-order valence-corrected chi connectivity index (χ2v) is 5.03. The molecule has 0 amide bonds. The van der Waals surface area contributed by atoms with Gasteiger partial charge in [-0.1, -0.05) is 13.8 Å². The molecular weight excluding hydrogens is 194 g/mol. The Kier molecular flexibility index (Phi) is 4.11. The predicted molar refractivity (Wildman–Crippen MR) is 57.7 cm³/mol. The molecule has 0 aromatic heterocycles. The minimum atomic E-state index is -1.01. The van der Waals surface area contributed by atoms with Crippen LogP contribution in [-0.4, -0.2) is 46.3 Å². The lowest BCUT2D eigenvalue weighted by molar-refractivity contribution is -0.145. The highest BCUT2D eigenvalue weighted by atomic mass is 16.4. The lowest BCUT2D eigenvalue weighted by Crippen LogP contribution is -2.50. The Balaban J connectivity index is 2.50. The number of aliphatic carboxylic acids is 1. The van der Waals surface area contributed by atoms with Crippen LogP contribution in [0.5, 0.6) is 0 Å². The first-order valence-corrected chi connectivity index (χ1v) is 5.58. The van der Waals surface area contributed by atoms with Crippen LogP contribution in [0.15, 0.2) is 0 Å². The van der Waals surface area contributed by atoms with Crippen molar-refractivity contribution >= 4 is 5.97 Å². The first kappa shape index (κ1) is 12.5. The average Bonchev–Trinajstić information content (AvgIpc) is 1.99. The van der Waals surface area contributed by atoms with E-state index in [9.17, 15) is 9.90 Å². The van der Waals surface area contributed by atoms with Crippen molar-refractivity contribution in [3.63, 3.8) is 0 Å². The van der Waals surface area contributed by atoms with E-state index in [1.807, 2.05) is 0 Å². The largest absolute Gasteiger partial charge is 0.481 e. The minimum absolute atomic E-state index is 0.137. The van der Waals surface area contributed by atoms with E-state index in [1.165, 1.54) is 0 Å². The highest BCUT2D eigenvalue weighted by molar-refractivity contribution is 5.68. The summed E-state index contributed by atoms with van der Waals surface area (Å²) in [6.45, 7) is 6.66. The maximum Gasteiger partial charge on any atom is 0.306 e. The number of hydrogen-bond acceptors (Lipinski definition) is 3. The Bertz CT molecular complexity index is 230. The van der Waals surface area contributed by atoms with Gasteiger partial charge in [0.15, 0.2) is 0 Å². The monoisotopic (exact) mass is 215 g/mol. The van der Waals surface area contributed by atoms with E-state index in [0.29, 0.717) is 18.9 Å². The van der Waals surface area contributed by atoms with Gasteiger partial charge in [-0.15, -0.1) is 0 Å². The van der Waals surface area contributed by atoms with E-state index >= 15 is 0 Å². The highest BCUT2D eigenvalue weighted by Crippen LogP contribution is 2.24. The number of carbonyl (C=O) groups is 1. The molecule has 1 saturated heterocycles. The average molecular weight is 215 g/mol. The number of nitrogens with zero attached hydrogens (tertiary/aromatic N) is 1. The zero-order valence-corrected chi connectivity index (χ0v) is 9.57. The summed E-state index contributed by atoms with van der Waals surface area (Å²) in [4.78, 5) is 12.8. The van der Waals surface area contributed by atoms with Crippen LogP contribution in [-0.2, 0) is 4.79 Å². The van der Waals surface area contributed by atoms with Crippen molar-refractivity contribution in [3.05, 3.63) is 0 Å². The van der Waals surface area contributed by atoms with Crippen molar-refractivity contribution in [2.45, 2.75) is 38.7 Å². The van der Waals surface area contributed by atoms with Gasteiger partial charge in [0.2, 0.25) is 0 Å². The maximum absolute atomic E-state index is 10.6. The molecule has 4 nitrogen and oxygen atoms in total. The highest BCUT2D eigenvalue weighted by Gasteiger charge is 2.35. The van der Waals surface area contributed by atoms with Crippen molar-refractivity contribution < 1.29 is 15.0 Å². The molecule has 4 heteroatoms. The molecule has 1 aliphatic heterocycles. The second kappa shape index (κ2) is 4.94. The third-order valence-corrected chi connectivity index (χ3v) is 2.74. The fourth-order valence-corrected chi connectivity index (χ4v) is 2.30. The van der Waals surface area contributed by atoms with E-state index in [2.05, 4.69) is 18.7 Å². The maximum atomic E-state index is 10.6. The first-order valence-electron chi connectivity index (χ1n) is 5.58. The Hall–Kier alpha value is -0.610. The molecule has 1 rings (SSSR count). The second-order valence-electron chi connectivity index (χ2n) is 5.03. The van der Waals surface area contributed by atoms with Crippen LogP contribution in [0.2, 0.25) is 0 Å². The van der Waals surface area contributed by atoms with Gasteiger partial charge in [0.25, 0.3) is 0 Å². The molecule has 0 spiro atoms. The van der Waals surface area contributed by atoms with Crippen molar-refractivity contribution in [2.75, 3.05) is 19.6 Å². The number of likely N-dealkylation sites (tertiary alicyclic amines) is 1. The van der Waals surface area contributed by atoms with Crippen molar-refractivity contribution in [3.8, 4) is 0 Å². The molecule has 2 N–H and O–H groups in total. The Morgan fingerprint density at radius 2 is 2.20 bits per heavy atom. The fraction of sp³-hybridized carbons (Fsp3) is 0.909. The van der Waals surface area contributed by atoms with Crippen LogP contribution in [0, 0.1) is 5.92 Å². The number of β-amino-alcohol motifs (C(OH)–C–C–N with tert-alkyl or cyclic N) is 1. The number of hydrogen-bond donors (Lipinski definition) is 2. The number of piperidine rings is 1. The van der Waals surface area contributed by atoms with Gasteiger partial charge in [-0.05, 0) is 25.3 Å². The number of aliphatic hydroxyl groups is 1. The number of rotatable bonds is 4. The van der Waals surface area contributed by atoms with E-state index < -0.39 is 11.6 Å². The van der Waals surface area contributed by atoms with Gasteiger partial charge < -0.3 is 15.1 Å². The molecule has 0 aliphatic carbocycles. The summed E-state index contributed by atoms with van der Waals surface area (Å²) in [5.41, 5.74) is -1.01. The van der Waals surface area contributed by atoms with Gasteiger partial charge in [0.05, 0.1) is 12.0 Å². The van der Waals surface area contributed by atoms with Gasteiger partial charge in [-0.25, -0.2) is 0 Å². The van der Waals surface area contributed by atoms with E-state index in [4.69, 9.17) is 5.11 Å². The van der Waals surface area contributed by atoms with Crippen LogP contribution < -0.4 is 0 Å². The molecule has 0 aromatic rings. The Morgan fingerprint density at radius 1 is 1.53 bits per heavy atom. The smallest absolute Gasteiger partial charge is 0.306 e. The lowest BCUT2D eigenvalue weighted by Gasteiger charge is -2.39.